The van der Waals surface area contributed by atoms with Gasteiger partial charge in [0.05, 0.1) is 26.4 Å². The van der Waals surface area contributed by atoms with Crippen LogP contribution in [-0.4, -0.2) is 51.2 Å². The summed E-state index contributed by atoms with van der Waals surface area (Å²) in [5, 5.41) is 11.6. The average molecular weight is 177 g/mol. The van der Waals surface area contributed by atoms with Gasteiger partial charge in [0.25, 0.3) is 0 Å². The molecule has 2 N–H and O–H groups in total. The summed E-state index contributed by atoms with van der Waals surface area (Å²) in [4.78, 5) is 0. The molecule has 0 rings (SSSR count). The number of hydrogen-bond acceptors (Lipinski definition) is 4. The molecule has 12 heavy (non-hydrogen) atoms. The Hall–Kier alpha value is -0.160. The van der Waals surface area contributed by atoms with Crippen molar-refractivity contribution in [3.8, 4) is 0 Å². The maximum Gasteiger partial charge on any atom is 0.0698 e. The van der Waals surface area contributed by atoms with Crippen LogP contribution in [-0.2, 0) is 9.47 Å². The molecule has 0 aromatic rings. The maximum absolute atomic E-state index is 8.39. The van der Waals surface area contributed by atoms with Crippen molar-refractivity contribution in [1.29, 1.82) is 0 Å². The molecule has 4 nitrogen and oxygen atoms in total. The van der Waals surface area contributed by atoms with E-state index in [0.717, 1.165) is 6.54 Å². The molecule has 0 unspecified atom stereocenters. The second kappa shape index (κ2) is 8.93. The minimum Gasteiger partial charge on any atom is -0.394 e. The number of methoxy groups -OCH3 is 1. The largest absolute Gasteiger partial charge is 0.394 e. The van der Waals surface area contributed by atoms with Crippen LogP contribution in [0.15, 0.2) is 0 Å². The SMILES string of the molecule is COC[C@H](C)NCCOCCO. The van der Waals surface area contributed by atoms with Gasteiger partial charge in [0.1, 0.15) is 0 Å². The third kappa shape index (κ3) is 7.94. The predicted molar refractivity (Wildman–Crippen MR) is 47.2 cm³/mol. The molecule has 4 heteroatoms. The first-order valence-corrected chi connectivity index (χ1v) is 4.22. The zero-order chi connectivity index (χ0) is 9.23. The van der Waals surface area contributed by atoms with E-state index in [1.54, 1.807) is 7.11 Å². The predicted octanol–water partition coefficient (Wildman–Crippen LogP) is -0.380. The monoisotopic (exact) mass is 177 g/mol. The minimum atomic E-state index is 0.0909. The van der Waals surface area contributed by atoms with Crippen LogP contribution in [0, 0.1) is 0 Å². The smallest absolute Gasteiger partial charge is 0.0698 e. The first-order valence-electron chi connectivity index (χ1n) is 4.22. The third-order valence-electron chi connectivity index (χ3n) is 1.39. The van der Waals surface area contributed by atoms with Crippen molar-refractivity contribution in [2.45, 2.75) is 13.0 Å². The van der Waals surface area contributed by atoms with E-state index in [4.69, 9.17) is 14.6 Å². The van der Waals surface area contributed by atoms with Crippen molar-refractivity contribution >= 4 is 0 Å². The molecule has 0 heterocycles. The second-order valence-electron chi connectivity index (χ2n) is 2.65. The Labute approximate surface area is 73.9 Å². The lowest BCUT2D eigenvalue weighted by atomic mass is 10.3. The van der Waals surface area contributed by atoms with Gasteiger partial charge < -0.3 is 19.9 Å². The van der Waals surface area contributed by atoms with Crippen LogP contribution in [0.25, 0.3) is 0 Å². The Kier molecular flexibility index (Phi) is 8.81. The highest BCUT2D eigenvalue weighted by Gasteiger charge is 1.97. The van der Waals surface area contributed by atoms with E-state index in [0.29, 0.717) is 25.9 Å². The molecule has 0 radical (unpaired) electrons. The topological polar surface area (TPSA) is 50.7 Å². The summed E-state index contributed by atoms with van der Waals surface area (Å²) in [6.45, 7) is 4.70. The van der Waals surface area contributed by atoms with E-state index in [2.05, 4.69) is 12.2 Å². The van der Waals surface area contributed by atoms with Crippen LogP contribution < -0.4 is 5.32 Å². The summed E-state index contributed by atoms with van der Waals surface area (Å²) in [5.41, 5.74) is 0. The maximum atomic E-state index is 8.39. The van der Waals surface area contributed by atoms with E-state index >= 15 is 0 Å². The van der Waals surface area contributed by atoms with Gasteiger partial charge in [-0.3, -0.25) is 0 Å². The standard InChI is InChI=1S/C8H19NO3/c1-8(7-11-2)9-3-5-12-6-4-10/h8-10H,3-7H2,1-2H3/t8-/m0/s1. The Balaban J connectivity index is 2.97. The lowest BCUT2D eigenvalue weighted by Crippen LogP contribution is -2.33. The molecule has 74 valence electrons. The number of ether oxygens (including phenoxy) is 2. The van der Waals surface area contributed by atoms with E-state index < -0.39 is 0 Å². The van der Waals surface area contributed by atoms with Crippen molar-refractivity contribution in [2.24, 2.45) is 0 Å². The summed E-state index contributed by atoms with van der Waals surface area (Å²) >= 11 is 0. The van der Waals surface area contributed by atoms with Gasteiger partial charge in [-0.05, 0) is 6.92 Å². The van der Waals surface area contributed by atoms with Gasteiger partial charge in [-0.1, -0.05) is 0 Å². The highest BCUT2D eigenvalue weighted by molar-refractivity contribution is 4.57. The fraction of sp³-hybridized carbons (Fsp3) is 1.00. The molecule has 0 aliphatic rings. The van der Waals surface area contributed by atoms with Gasteiger partial charge in [-0.25, -0.2) is 0 Å². The minimum absolute atomic E-state index is 0.0909. The van der Waals surface area contributed by atoms with E-state index in [1.165, 1.54) is 0 Å². The van der Waals surface area contributed by atoms with Crippen molar-refractivity contribution < 1.29 is 14.6 Å². The molecule has 0 saturated heterocycles. The molecule has 0 amide bonds. The molecule has 0 saturated carbocycles. The summed E-state index contributed by atoms with van der Waals surface area (Å²) in [6, 6.07) is 0.354. The van der Waals surface area contributed by atoms with Crippen molar-refractivity contribution in [2.75, 3.05) is 40.1 Å². The van der Waals surface area contributed by atoms with Crippen molar-refractivity contribution in [3.63, 3.8) is 0 Å². The number of aliphatic hydroxyl groups excluding tert-OH is 1. The van der Waals surface area contributed by atoms with Gasteiger partial charge in [-0.15, -0.1) is 0 Å². The highest BCUT2D eigenvalue weighted by atomic mass is 16.5. The highest BCUT2D eigenvalue weighted by Crippen LogP contribution is 1.81. The normalized spacial score (nSPS) is 13.2. The van der Waals surface area contributed by atoms with Crippen molar-refractivity contribution in [1.82, 2.24) is 5.32 Å². The number of hydrogen-bond donors (Lipinski definition) is 2. The fourth-order valence-corrected chi connectivity index (χ4v) is 0.853. The fourth-order valence-electron chi connectivity index (χ4n) is 0.853. The lowest BCUT2D eigenvalue weighted by molar-refractivity contribution is 0.0899. The summed E-state index contributed by atoms with van der Waals surface area (Å²) in [6.07, 6.45) is 0. The van der Waals surface area contributed by atoms with Gasteiger partial charge in [0.2, 0.25) is 0 Å². The molecule has 0 aliphatic heterocycles. The number of aliphatic hydroxyl groups is 1. The molecular formula is C8H19NO3. The van der Waals surface area contributed by atoms with Crippen LogP contribution in [0.4, 0.5) is 0 Å². The van der Waals surface area contributed by atoms with E-state index in [-0.39, 0.29) is 6.61 Å². The van der Waals surface area contributed by atoms with Crippen LogP contribution in [0.2, 0.25) is 0 Å². The van der Waals surface area contributed by atoms with Crippen LogP contribution >= 0.6 is 0 Å². The molecule has 0 fully saturated rings. The Morgan fingerprint density at radius 2 is 2.17 bits per heavy atom. The van der Waals surface area contributed by atoms with Gasteiger partial charge in [0.15, 0.2) is 0 Å². The molecule has 1 atom stereocenters. The van der Waals surface area contributed by atoms with Crippen LogP contribution in [0.3, 0.4) is 0 Å². The van der Waals surface area contributed by atoms with Crippen molar-refractivity contribution in [3.05, 3.63) is 0 Å². The van der Waals surface area contributed by atoms with E-state index in [9.17, 15) is 0 Å². The Bertz CT molecular complexity index is 90.4. The molecule has 0 aromatic carbocycles. The Morgan fingerprint density at radius 1 is 1.42 bits per heavy atom. The average Bonchev–Trinajstić information content (AvgIpc) is 2.05. The molecular weight excluding hydrogens is 158 g/mol. The van der Waals surface area contributed by atoms with Gasteiger partial charge in [-0.2, -0.15) is 0 Å². The first kappa shape index (κ1) is 11.8. The zero-order valence-electron chi connectivity index (χ0n) is 7.88. The second-order valence-corrected chi connectivity index (χ2v) is 2.65. The molecule has 0 spiro atoms. The van der Waals surface area contributed by atoms with Crippen LogP contribution in [0.1, 0.15) is 6.92 Å². The quantitative estimate of drug-likeness (QED) is 0.496. The first-order chi connectivity index (χ1) is 5.81. The number of nitrogens with one attached hydrogen (secondary N) is 1. The molecule has 0 bridgehead atoms. The Morgan fingerprint density at radius 3 is 2.75 bits per heavy atom. The zero-order valence-corrected chi connectivity index (χ0v) is 7.88. The molecule has 0 aromatic heterocycles. The summed E-state index contributed by atoms with van der Waals surface area (Å²) in [7, 11) is 1.68. The van der Waals surface area contributed by atoms with Gasteiger partial charge >= 0.3 is 0 Å². The van der Waals surface area contributed by atoms with Crippen LogP contribution in [0.5, 0.6) is 0 Å². The van der Waals surface area contributed by atoms with E-state index in [1.807, 2.05) is 0 Å². The third-order valence-corrected chi connectivity index (χ3v) is 1.39. The summed E-state index contributed by atoms with van der Waals surface area (Å²) < 4.78 is 10.00. The summed E-state index contributed by atoms with van der Waals surface area (Å²) in [5.74, 6) is 0. The lowest BCUT2D eigenvalue weighted by Gasteiger charge is -2.12. The van der Waals surface area contributed by atoms with Gasteiger partial charge in [0, 0.05) is 19.7 Å². The molecule has 0 aliphatic carbocycles. The number of rotatable bonds is 8.